The largest absolute Gasteiger partial charge is 0.433 e. The number of hydrogen-bond donors (Lipinski definition) is 2. The van der Waals surface area contributed by atoms with Crippen LogP contribution in [0.3, 0.4) is 0 Å². The van der Waals surface area contributed by atoms with Crippen molar-refractivity contribution in [1.29, 1.82) is 0 Å². The molecule has 0 saturated carbocycles. The number of hydrogen-bond acceptors (Lipinski definition) is 5. The van der Waals surface area contributed by atoms with Gasteiger partial charge in [-0.3, -0.25) is 9.78 Å². The first-order valence-corrected chi connectivity index (χ1v) is 7.34. The van der Waals surface area contributed by atoms with Crippen molar-refractivity contribution in [3.05, 3.63) is 51.5 Å². The summed E-state index contributed by atoms with van der Waals surface area (Å²) in [6, 6.07) is 1.65. The van der Waals surface area contributed by atoms with Gasteiger partial charge in [0.25, 0.3) is 5.56 Å². The molecule has 7 nitrogen and oxygen atoms in total. The molecule has 3 heterocycles. The second-order valence-corrected chi connectivity index (χ2v) is 5.55. The van der Waals surface area contributed by atoms with Gasteiger partial charge in [-0.2, -0.15) is 18.3 Å². The molecule has 0 bridgehead atoms. The first-order valence-electron chi connectivity index (χ1n) is 7.34. The van der Waals surface area contributed by atoms with E-state index in [1.807, 2.05) is 0 Å². The summed E-state index contributed by atoms with van der Waals surface area (Å²) >= 11 is 0. The number of aromatic nitrogens is 5. The molecule has 0 spiro atoms. The van der Waals surface area contributed by atoms with E-state index in [4.69, 9.17) is 0 Å². The highest BCUT2D eigenvalue weighted by molar-refractivity contribution is 5.77. The van der Waals surface area contributed by atoms with Crippen LogP contribution in [0.5, 0.6) is 0 Å². The van der Waals surface area contributed by atoms with Gasteiger partial charge in [-0.1, -0.05) is 6.07 Å². The number of rotatable bonds is 3. The van der Waals surface area contributed by atoms with E-state index in [2.05, 4.69) is 20.1 Å². The monoisotopic (exact) mass is 353 g/mol. The van der Waals surface area contributed by atoms with Crippen LogP contribution in [-0.4, -0.2) is 29.8 Å². The average molecular weight is 353 g/mol. The van der Waals surface area contributed by atoms with Crippen molar-refractivity contribution in [2.45, 2.75) is 32.7 Å². The van der Waals surface area contributed by atoms with Crippen molar-refractivity contribution in [3.63, 3.8) is 0 Å². The highest BCUT2D eigenvalue weighted by Gasteiger charge is 2.32. The van der Waals surface area contributed by atoms with Crippen LogP contribution in [0.4, 0.5) is 13.2 Å². The smallest absolute Gasteiger partial charge is 0.390 e. The third-order valence-electron chi connectivity index (χ3n) is 3.83. The molecular formula is C15H14F3N5O2. The molecule has 0 fully saturated rings. The Morgan fingerprint density at radius 2 is 2.08 bits per heavy atom. The zero-order valence-corrected chi connectivity index (χ0v) is 13.3. The van der Waals surface area contributed by atoms with Gasteiger partial charge in [0.15, 0.2) is 5.65 Å². The minimum Gasteiger partial charge on any atom is -0.390 e. The standard InChI is InChI=1S/C15H14F3N5O2/c1-7(9-3-4-11(19-5-9)15(16,17)18)23-13-12(10(6-24)22-23)14(25)21-8(2)20-13/h3-5,7,24H,6H2,1-2H3,(H,20,21,25)/t7-/m0/s1. The normalized spacial score (nSPS) is 13.4. The van der Waals surface area contributed by atoms with Crippen LogP contribution in [0.25, 0.3) is 11.0 Å². The summed E-state index contributed by atoms with van der Waals surface area (Å²) in [6.07, 6.45) is -3.41. The van der Waals surface area contributed by atoms with Crippen molar-refractivity contribution >= 4 is 11.0 Å². The second kappa shape index (κ2) is 5.96. The van der Waals surface area contributed by atoms with Gasteiger partial charge in [-0.05, 0) is 25.5 Å². The van der Waals surface area contributed by atoms with Crippen molar-refractivity contribution in [3.8, 4) is 0 Å². The number of aromatic amines is 1. The number of nitrogens with one attached hydrogen (secondary N) is 1. The van der Waals surface area contributed by atoms with Crippen molar-refractivity contribution in [2.24, 2.45) is 0 Å². The van der Waals surface area contributed by atoms with Gasteiger partial charge in [-0.15, -0.1) is 0 Å². The third kappa shape index (κ3) is 3.00. The zero-order chi connectivity index (χ0) is 18.4. The van der Waals surface area contributed by atoms with E-state index in [-0.39, 0.29) is 16.7 Å². The predicted molar refractivity (Wildman–Crippen MR) is 81.9 cm³/mol. The Kier molecular flexibility index (Phi) is 4.07. The maximum absolute atomic E-state index is 12.6. The summed E-state index contributed by atoms with van der Waals surface area (Å²) in [5.74, 6) is 0.362. The van der Waals surface area contributed by atoms with Crippen LogP contribution in [0.1, 0.15) is 35.7 Å². The zero-order valence-electron chi connectivity index (χ0n) is 13.3. The number of alkyl halides is 3. The Bertz CT molecular complexity index is 976. The van der Waals surface area contributed by atoms with Crippen LogP contribution < -0.4 is 5.56 Å². The number of nitrogens with zero attached hydrogens (tertiary/aromatic N) is 4. The number of aliphatic hydroxyl groups excluding tert-OH is 1. The van der Waals surface area contributed by atoms with Gasteiger partial charge in [0.1, 0.15) is 22.6 Å². The van der Waals surface area contributed by atoms with Gasteiger partial charge < -0.3 is 10.1 Å². The van der Waals surface area contributed by atoms with Gasteiger partial charge in [0, 0.05) is 6.20 Å². The molecule has 0 saturated heterocycles. The molecule has 0 unspecified atom stereocenters. The van der Waals surface area contributed by atoms with Gasteiger partial charge in [-0.25, -0.2) is 9.67 Å². The van der Waals surface area contributed by atoms with Crippen LogP contribution in [0.2, 0.25) is 0 Å². The predicted octanol–water partition coefficient (Wildman–Crippen LogP) is 1.94. The number of aryl methyl sites for hydroxylation is 1. The Labute approximate surface area is 139 Å². The average Bonchev–Trinajstić information content (AvgIpc) is 2.92. The van der Waals surface area contributed by atoms with E-state index in [0.717, 1.165) is 12.3 Å². The number of aliphatic hydroxyl groups is 1. The number of pyridine rings is 1. The van der Waals surface area contributed by atoms with Crippen LogP contribution in [0.15, 0.2) is 23.1 Å². The lowest BCUT2D eigenvalue weighted by Crippen LogP contribution is -2.14. The molecule has 0 amide bonds. The molecule has 132 valence electrons. The quantitative estimate of drug-likeness (QED) is 0.750. The molecule has 1 atom stereocenters. The summed E-state index contributed by atoms with van der Waals surface area (Å²) < 4.78 is 39.3. The maximum atomic E-state index is 12.6. The summed E-state index contributed by atoms with van der Waals surface area (Å²) in [5.41, 5.74) is -0.569. The van der Waals surface area contributed by atoms with Gasteiger partial charge in [0.2, 0.25) is 0 Å². The SMILES string of the molecule is Cc1nc2c(c(CO)nn2[C@@H](C)c2ccc(C(F)(F)F)nc2)c(=O)[nH]1. The minimum absolute atomic E-state index is 0.149. The minimum atomic E-state index is -4.52. The lowest BCUT2D eigenvalue weighted by molar-refractivity contribution is -0.141. The molecule has 0 aliphatic heterocycles. The van der Waals surface area contributed by atoms with E-state index < -0.39 is 30.1 Å². The van der Waals surface area contributed by atoms with E-state index in [0.29, 0.717) is 11.4 Å². The maximum Gasteiger partial charge on any atom is 0.433 e. The third-order valence-corrected chi connectivity index (χ3v) is 3.83. The highest BCUT2D eigenvalue weighted by atomic mass is 19.4. The number of fused-ring (bicyclic) bond motifs is 1. The Balaban J connectivity index is 2.11. The fourth-order valence-corrected chi connectivity index (χ4v) is 2.57. The summed E-state index contributed by atoms with van der Waals surface area (Å²) in [6.45, 7) is 2.83. The Morgan fingerprint density at radius 3 is 2.64 bits per heavy atom. The van der Waals surface area contributed by atoms with Crippen molar-refractivity contribution in [1.82, 2.24) is 24.7 Å². The van der Waals surface area contributed by atoms with Crippen LogP contribution in [0, 0.1) is 6.92 Å². The molecule has 3 aromatic rings. The summed E-state index contributed by atoms with van der Waals surface area (Å²) in [7, 11) is 0. The lowest BCUT2D eigenvalue weighted by atomic mass is 10.1. The van der Waals surface area contributed by atoms with Crippen LogP contribution >= 0.6 is 0 Å². The molecule has 0 radical (unpaired) electrons. The van der Waals surface area contributed by atoms with E-state index >= 15 is 0 Å². The molecule has 0 aliphatic rings. The van der Waals surface area contributed by atoms with Crippen molar-refractivity contribution < 1.29 is 18.3 Å². The molecule has 10 heteroatoms. The van der Waals surface area contributed by atoms with Crippen molar-refractivity contribution in [2.75, 3.05) is 0 Å². The van der Waals surface area contributed by atoms with E-state index in [1.165, 1.54) is 10.7 Å². The molecule has 0 aliphatic carbocycles. The molecule has 2 N–H and O–H groups in total. The number of H-pyrrole nitrogens is 1. The first-order chi connectivity index (χ1) is 11.7. The molecule has 0 aromatic carbocycles. The molecular weight excluding hydrogens is 339 g/mol. The van der Waals surface area contributed by atoms with Crippen LogP contribution in [-0.2, 0) is 12.8 Å². The fourth-order valence-electron chi connectivity index (χ4n) is 2.57. The lowest BCUT2D eigenvalue weighted by Gasteiger charge is -2.14. The molecule has 25 heavy (non-hydrogen) atoms. The Hall–Kier alpha value is -2.75. The van der Waals surface area contributed by atoms with Gasteiger partial charge >= 0.3 is 6.18 Å². The summed E-state index contributed by atoms with van der Waals surface area (Å²) in [4.78, 5) is 22.3. The topological polar surface area (TPSA) is 96.7 Å². The van der Waals surface area contributed by atoms with Gasteiger partial charge in [0.05, 0.1) is 12.6 Å². The fraction of sp³-hybridized carbons (Fsp3) is 0.333. The second-order valence-electron chi connectivity index (χ2n) is 5.55. The van der Waals surface area contributed by atoms with E-state index in [1.54, 1.807) is 13.8 Å². The molecule has 3 aromatic heterocycles. The first kappa shape index (κ1) is 17.1. The number of halogens is 3. The Morgan fingerprint density at radius 1 is 1.36 bits per heavy atom. The molecule has 3 rings (SSSR count). The van der Waals surface area contributed by atoms with E-state index in [9.17, 15) is 23.1 Å². The summed E-state index contributed by atoms with van der Waals surface area (Å²) in [5, 5.41) is 13.8. The highest BCUT2D eigenvalue weighted by Crippen LogP contribution is 2.29.